The number of aliphatic hydroxyl groups excluding tert-OH is 1. The molecule has 2 N–H and O–H groups in total. The van der Waals surface area contributed by atoms with Gasteiger partial charge < -0.3 is 15.2 Å². The van der Waals surface area contributed by atoms with Crippen LogP contribution in [0.15, 0.2) is 29.2 Å². The maximum atomic E-state index is 11.4. The van der Waals surface area contributed by atoms with Crippen molar-refractivity contribution in [1.82, 2.24) is 5.32 Å². The van der Waals surface area contributed by atoms with Crippen LogP contribution in [0.4, 0.5) is 0 Å². The first-order valence-corrected chi connectivity index (χ1v) is 8.87. The van der Waals surface area contributed by atoms with Gasteiger partial charge in [0, 0.05) is 24.3 Å². The summed E-state index contributed by atoms with van der Waals surface area (Å²) in [5.74, 6) is 0.618. The third-order valence-corrected chi connectivity index (χ3v) is 4.29. The molecule has 0 aliphatic carbocycles. The lowest BCUT2D eigenvalue weighted by Crippen LogP contribution is -2.49. The minimum absolute atomic E-state index is 0.0293. The zero-order chi connectivity index (χ0) is 16.1. The maximum Gasteiger partial charge on any atom is 0.175 e. The summed E-state index contributed by atoms with van der Waals surface area (Å²) < 4.78 is 28.3. The van der Waals surface area contributed by atoms with E-state index in [1.165, 1.54) is 18.4 Å². The molecule has 5 nitrogen and oxygen atoms in total. The molecular weight excluding hydrogens is 290 g/mol. The highest BCUT2D eigenvalue weighted by molar-refractivity contribution is 7.90. The van der Waals surface area contributed by atoms with Crippen molar-refractivity contribution in [3.8, 4) is 5.75 Å². The van der Waals surface area contributed by atoms with Crippen molar-refractivity contribution in [3.05, 3.63) is 24.3 Å². The van der Waals surface area contributed by atoms with E-state index in [4.69, 9.17) is 4.74 Å². The molecular formula is C15H25NO4S. The van der Waals surface area contributed by atoms with E-state index >= 15 is 0 Å². The van der Waals surface area contributed by atoms with Crippen LogP contribution in [0.3, 0.4) is 0 Å². The Hall–Kier alpha value is -1.11. The molecule has 1 atom stereocenters. The fourth-order valence-corrected chi connectivity index (χ4v) is 2.70. The van der Waals surface area contributed by atoms with Crippen molar-refractivity contribution >= 4 is 9.84 Å². The summed E-state index contributed by atoms with van der Waals surface area (Å²) in [4.78, 5) is 0.275. The molecule has 0 amide bonds. The molecule has 0 bridgehead atoms. The van der Waals surface area contributed by atoms with E-state index in [0.717, 1.165) is 0 Å². The first-order valence-electron chi connectivity index (χ1n) is 6.98. The minimum Gasteiger partial charge on any atom is -0.494 e. The second kappa shape index (κ2) is 7.24. The minimum atomic E-state index is -3.18. The molecule has 1 aromatic rings. The van der Waals surface area contributed by atoms with E-state index in [1.54, 1.807) is 12.1 Å². The molecule has 0 aliphatic heterocycles. The van der Waals surface area contributed by atoms with E-state index in [1.807, 2.05) is 20.8 Å². The quantitative estimate of drug-likeness (QED) is 0.762. The van der Waals surface area contributed by atoms with Crippen molar-refractivity contribution in [2.24, 2.45) is 0 Å². The van der Waals surface area contributed by atoms with Gasteiger partial charge >= 0.3 is 0 Å². The predicted molar refractivity (Wildman–Crippen MR) is 83.4 cm³/mol. The van der Waals surface area contributed by atoms with Crippen molar-refractivity contribution in [2.75, 3.05) is 19.5 Å². The van der Waals surface area contributed by atoms with Gasteiger partial charge in [-0.2, -0.15) is 0 Å². The van der Waals surface area contributed by atoms with Crippen molar-refractivity contribution in [3.63, 3.8) is 0 Å². The lowest BCUT2D eigenvalue weighted by atomic mass is 9.98. The van der Waals surface area contributed by atoms with Gasteiger partial charge in [-0.05, 0) is 31.2 Å². The third-order valence-electron chi connectivity index (χ3n) is 3.16. The molecule has 0 saturated carbocycles. The van der Waals surface area contributed by atoms with Crippen LogP contribution in [0.2, 0.25) is 0 Å². The van der Waals surface area contributed by atoms with Gasteiger partial charge in [-0.1, -0.05) is 13.8 Å². The summed E-state index contributed by atoms with van der Waals surface area (Å²) in [7, 11) is -3.18. The molecule has 120 valence electrons. The standard InChI is InChI=1S/C15H25NO4S/c1-12(2)16-15(3,11-17)9-10-20-13-5-7-14(8-6-13)21(4,18)19/h5-8,12,16-17H,9-11H2,1-4H3. The Balaban J connectivity index is 2.56. The van der Waals surface area contributed by atoms with Crippen molar-refractivity contribution in [2.45, 2.75) is 43.7 Å². The summed E-state index contributed by atoms with van der Waals surface area (Å²) in [6.45, 7) is 6.47. The number of sulfone groups is 1. The third kappa shape index (κ3) is 6.03. The predicted octanol–water partition coefficient (Wildman–Crippen LogP) is 1.61. The van der Waals surface area contributed by atoms with E-state index in [0.29, 0.717) is 18.8 Å². The highest BCUT2D eigenvalue weighted by Gasteiger charge is 2.23. The van der Waals surface area contributed by atoms with Crippen LogP contribution in [0.5, 0.6) is 5.75 Å². The van der Waals surface area contributed by atoms with Gasteiger partial charge in [0.2, 0.25) is 0 Å². The van der Waals surface area contributed by atoms with Gasteiger partial charge in [-0.25, -0.2) is 8.42 Å². The molecule has 6 heteroatoms. The molecule has 0 aromatic heterocycles. The van der Waals surface area contributed by atoms with Crippen LogP contribution in [0, 0.1) is 0 Å². The van der Waals surface area contributed by atoms with Crippen molar-refractivity contribution < 1.29 is 18.3 Å². The lowest BCUT2D eigenvalue weighted by Gasteiger charge is -2.31. The fourth-order valence-electron chi connectivity index (χ4n) is 2.07. The Bertz CT molecular complexity index is 539. The van der Waals surface area contributed by atoms with Gasteiger partial charge in [-0.15, -0.1) is 0 Å². The largest absolute Gasteiger partial charge is 0.494 e. The smallest absolute Gasteiger partial charge is 0.175 e. The number of hydrogen-bond acceptors (Lipinski definition) is 5. The van der Waals surface area contributed by atoms with Gasteiger partial charge in [0.25, 0.3) is 0 Å². The monoisotopic (exact) mass is 315 g/mol. The highest BCUT2D eigenvalue weighted by Crippen LogP contribution is 2.17. The number of rotatable bonds is 8. The van der Waals surface area contributed by atoms with E-state index in [-0.39, 0.29) is 23.1 Å². The summed E-state index contributed by atoms with van der Waals surface area (Å²) in [6.07, 6.45) is 1.82. The Morgan fingerprint density at radius 1 is 1.29 bits per heavy atom. The fraction of sp³-hybridized carbons (Fsp3) is 0.600. The molecule has 0 heterocycles. The highest BCUT2D eigenvalue weighted by atomic mass is 32.2. The molecule has 0 aliphatic rings. The Morgan fingerprint density at radius 2 is 1.86 bits per heavy atom. The topological polar surface area (TPSA) is 75.6 Å². The van der Waals surface area contributed by atoms with Crippen LogP contribution in [0.1, 0.15) is 27.2 Å². The zero-order valence-electron chi connectivity index (χ0n) is 13.1. The molecule has 0 radical (unpaired) electrons. The van der Waals surface area contributed by atoms with Crippen LogP contribution >= 0.6 is 0 Å². The first-order chi connectivity index (χ1) is 9.66. The van der Waals surface area contributed by atoms with E-state index < -0.39 is 9.84 Å². The van der Waals surface area contributed by atoms with Gasteiger partial charge in [-0.3, -0.25) is 0 Å². The molecule has 1 unspecified atom stereocenters. The number of ether oxygens (including phenoxy) is 1. The summed E-state index contributed by atoms with van der Waals surface area (Å²) in [6, 6.07) is 6.62. The first kappa shape index (κ1) is 17.9. The van der Waals surface area contributed by atoms with Crippen LogP contribution < -0.4 is 10.1 Å². The van der Waals surface area contributed by atoms with Crippen LogP contribution in [0.25, 0.3) is 0 Å². The molecule has 0 spiro atoms. The summed E-state index contributed by atoms with van der Waals surface area (Å²) in [5, 5.41) is 12.8. The Morgan fingerprint density at radius 3 is 2.29 bits per heavy atom. The Kier molecular flexibility index (Phi) is 6.19. The summed E-state index contributed by atoms with van der Waals surface area (Å²) in [5.41, 5.74) is -0.388. The van der Waals surface area contributed by atoms with Crippen LogP contribution in [-0.4, -0.2) is 44.6 Å². The number of hydrogen-bond donors (Lipinski definition) is 2. The maximum absolute atomic E-state index is 11.4. The SMILES string of the molecule is CC(C)NC(C)(CO)CCOc1ccc(S(C)(=O)=O)cc1. The average molecular weight is 315 g/mol. The lowest BCUT2D eigenvalue weighted by molar-refractivity contribution is 0.136. The second-order valence-electron chi connectivity index (χ2n) is 5.86. The van der Waals surface area contributed by atoms with Crippen molar-refractivity contribution in [1.29, 1.82) is 0 Å². The van der Waals surface area contributed by atoms with E-state index in [2.05, 4.69) is 5.32 Å². The van der Waals surface area contributed by atoms with Crippen LogP contribution in [-0.2, 0) is 9.84 Å². The van der Waals surface area contributed by atoms with Gasteiger partial charge in [0.15, 0.2) is 9.84 Å². The normalized spacial score (nSPS) is 15.0. The van der Waals surface area contributed by atoms with Gasteiger partial charge in [0.05, 0.1) is 18.1 Å². The number of nitrogens with one attached hydrogen (secondary N) is 1. The Labute approximate surface area is 127 Å². The second-order valence-corrected chi connectivity index (χ2v) is 7.88. The molecule has 0 saturated heterocycles. The molecule has 21 heavy (non-hydrogen) atoms. The zero-order valence-corrected chi connectivity index (χ0v) is 13.9. The van der Waals surface area contributed by atoms with E-state index in [9.17, 15) is 13.5 Å². The molecule has 0 fully saturated rings. The van der Waals surface area contributed by atoms with Gasteiger partial charge in [0.1, 0.15) is 5.75 Å². The summed E-state index contributed by atoms with van der Waals surface area (Å²) >= 11 is 0. The molecule has 1 rings (SSSR count). The average Bonchev–Trinajstić information content (AvgIpc) is 2.37. The number of benzene rings is 1. The molecule has 1 aromatic carbocycles. The number of aliphatic hydroxyl groups is 1.